The van der Waals surface area contributed by atoms with Crippen LogP contribution >= 0.6 is 46.4 Å². The van der Waals surface area contributed by atoms with E-state index in [2.05, 4.69) is 10.6 Å². The van der Waals surface area contributed by atoms with E-state index in [0.29, 0.717) is 28.4 Å². The molecule has 8 nitrogen and oxygen atoms in total. The molecule has 12 heteroatoms. The molecule has 0 atom stereocenters. The second kappa shape index (κ2) is 10.9. The zero-order chi connectivity index (χ0) is 26.9. The Hall–Kier alpha value is -3.43. The third kappa shape index (κ3) is 5.33. The Morgan fingerprint density at radius 2 is 1.49 bits per heavy atom. The smallest absolute Gasteiger partial charge is 0.283 e. The van der Waals surface area contributed by atoms with Gasteiger partial charge in [-0.1, -0.05) is 46.4 Å². The van der Waals surface area contributed by atoms with E-state index < -0.39 is 17.7 Å². The lowest BCUT2D eigenvalue weighted by Crippen LogP contribution is -2.32. The number of imide groups is 1. The number of rotatable bonds is 7. The Morgan fingerprint density at radius 1 is 0.811 bits per heavy atom. The van der Waals surface area contributed by atoms with E-state index in [0.717, 1.165) is 4.90 Å². The van der Waals surface area contributed by atoms with E-state index >= 15 is 0 Å². The van der Waals surface area contributed by atoms with Gasteiger partial charge in [0.1, 0.15) is 22.2 Å². The third-order valence-corrected chi connectivity index (χ3v) is 6.70. The average molecular weight is 581 g/mol. The topological polar surface area (TPSA) is 97.0 Å². The van der Waals surface area contributed by atoms with Gasteiger partial charge in [0, 0.05) is 17.3 Å². The van der Waals surface area contributed by atoms with Crippen LogP contribution in [-0.2, 0) is 9.59 Å². The van der Waals surface area contributed by atoms with Crippen molar-refractivity contribution in [3.05, 3.63) is 86.0 Å². The van der Waals surface area contributed by atoms with E-state index in [9.17, 15) is 14.4 Å². The molecule has 1 heterocycles. The van der Waals surface area contributed by atoms with Crippen molar-refractivity contribution < 1.29 is 23.9 Å². The summed E-state index contributed by atoms with van der Waals surface area (Å²) < 4.78 is 10.5. The summed E-state index contributed by atoms with van der Waals surface area (Å²) in [6.07, 6.45) is 0. The molecule has 3 aromatic carbocycles. The lowest BCUT2D eigenvalue weighted by Gasteiger charge is -2.17. The maximum absolute atomic E-state index is 13.1. The van der Waals surface area contributed by atoms with Gasteiger partial charge in [-0.3, -0.25) is 14.4 Å². The number of ether oxygens (including phenoxy) is 2. The molecule has 0 aliphatic carbocycles. The number of halogens is 4. The molecule has 3 amide bonds. The van der Waals surface area contributed by atoms with Crippen LogP contribution in [0.25, 0.3) is 0 Å². The Morgan fingerprint density at radius 3 is 2.14 bits per heavy atom. The molecule has 4 rings (SSSR count). The van der Waals surface area contributed by atoms with Gasteiger partial charge in [-0.15, -0.1) is 0 Å². The van der Waals surface area contributed by atoms with Gasteiger partial charge in [-0.2, -0.15) is 0 Å². The summed E-state index contributed by atoms with van der Waals surface area (Å²) in [5.74, 6) is -0.902. The van der Waals surface area contributed by atoms with Crippen molar-refractivity contribution in [2.75, 3.05) is 29.8 Å². The van der Waals surface area contributed by atoms with Crippen LogP contribution in [0.4, 0.5) is 17.1 Å². The Balaban J connectivity index is 1.51. The average Bonchev–Trinajstić information content (AvgIpc) is 3.09. The normalized spacial score (nSPS) is 13.2. The molecule has 0 fully saturated rings. The predicted octanol–water partition coefficient (Wildman–Crippen LogP) is 6.35. The minimum Gasteiger partial charge on any atom is -0.497 e. The lowest BCUT2D eigenvalue weighted by atomic mass is 10.1. The molecule has 0 saturated heterocycles. The Labute approximate surface area is 231 Å². The van der Waals surface area contributed by atoms with Crippen LogP contribution in [-0.4, -0.2) is 31.9 Å². The third-order valence-electron chi connectivity index (χ3n) is 5.33. The molecule has 3 aromatic rings. The molecule has 0 saturated carbocycles. The van der Waals surface area contributed by atoms with Gasteiger partial charge >= 0.3 is 0 Å². The Kier molecular flexibility index (Phi) is 7.85. The summed E-state index contributed by atoms with van der Waals surface area (Å²) in [5, 5.41) is 5.59. The van der Waals surface area contributed by atoms with Crippen LogP contribution in [0, 0.1) is 0 Å². The number of hydrogen-bond donors (Lipinski definition) is 2. The zero-order valence-corrected chi connectivity index (χ0v) is 22.2. The molecule has 1 aliphatic rings. The van der Waals surface area contributed by atoms with Gasteiger partial charge in [0.15, 0.2) is 0 Å². The molecule has 1 aliphatic heterocycles. The van der Waals surface area contributed by atoms with Crippen LogP contribution in [0.5, 0.6) is 11.5 Å². The highest BCUT2D eigenvalue weighted by Crippen LogP contribution is 2.38. The first-order chi connectivity index (χ1) is 17.6. The fraction of sp³-hybridized carbons (Fsp3) is 0.0800. The van der Waals surface area contributed by atoms with Gasteiger partial charge in [-0.05, 0) is 48.5 Å². The van der Waals surface area contributed by atoms with Gasteiger partial charge < -0.3 is 20.1 Å². The van der Waals surface area contributed by atoms with E-state index in [1.807, 2.05) is 0 Å². The number of anilines is 3. The summed E-state index contributed by atoms with van der Waals surface area (Å²) in [7, 11) is 3.01. The highest BCUT2D eigenvalue weighted by Gasteiger charge is 2.40. The molecule has 190 valence electrons. The SMILES string of the molecule is COc1ccc(OC)c(NC(=O)c2ccc(NC3=C(Cl)C(=O)N(c4cc(Cl)c(Cl)cc4Cl)C3=O)cc2)c1. The minimum atomic E-state index is -0.780. The highest BCUT2D eigenvalue weighted by molar-refractivity contribution is 6.54. The van der Waals surface area contributed by atoms with E-state index in [4.69, 9.17) is 55.9 Å². The number of amides is 3. The summed E-state index contributed by atoms with van der Waals surface area (Å²) >= 11 is 24.4. The van der Waals surface area contributed by atoms with Gasteiger partial charge in [0.25, 0.3) is 17.7 Å². The van der Waals surface area contributed by atoms with Crippen molar-refractivity contribution in [2.24, 2.45) is 0 Å². The second-order valence-corrected chi connectivity index (χ2v) is 9.17. The Bertz CT molecular complexity index is 1460. The molecule has 0 unspecified atom stereocenters. The van der Waals surface area contributed by atoms with Crippen LogP contribution in [0.15, 0.2) is 65.3 Å². The second-order valence-electron chi connectivity index (χ2n) is 7.58. The van der Waals surface area contributed by atoms with Crippen molar-refractivity contribution in [3.8, 4) is 11.5 Å². The maximum atomic E-state index is 13.1. The minimum absolute atomic E-state index is 0.0426. The zero-order valence-electron chi connectivity index (χ0n) is 19.2. The fourth-order valence-corrected chi connectivity index (χ4v) is 4.31. The molecule has 0 spiro atoms. The first-order valence-electron chi connectivity index (χ1n) is 10.5. The molecule has 37 heavy (non-hydrogen) atoms. The summed E-state index contributed by atoms with van der Waals surface area (Å²) in [6, 6.07) is 13.8. The molecule has 0 aromatic heterocycles. The number of carbonyl (C=O) groups excluding carboxylic acids is 3. The molecule has 0 radical (unpaired) electrons. The molecular weight excluding hydrogens is 564 g/mol. The summed E-state index contributed by atoms with van der Waals surface area (Å²) in [4.78, 5) is 39.4. The lowest BCUT2D eigenvalue weighted by molar-refractivity contribution is -0.120. The first-order valence-corrected chi connectivity index (χ1v) is 12.0. The highest BCUT2D eigenvalue weighted by atomic mass is 35.5. The fourth-order valence-electron chi connectivity index (χ4n) is 3.47. The number of hydrogen-bond acceptors (Lipinski definition) is 6. The van der Waals surface area contributed by atoms with E-state index in [1.165, 1.54) is 38.5 Å². The van der Waals surface area contributed by atoms with E-state index in [-0.39, 0.29) is 31.5 Å². The number of nitrogens with zero attached hydrogens (tertiary/aromatic N) is 1. The number of nitrogens with one attached hydrogen (secondary N) is 2. The van der Waals surface area contributed by atoms with Crippen molar-refractivity contribution in [1.29, 1.82) is 0 Å². The summed E-state index contributed by atoms with van der Waals surface area (Å²) in [6.45, 7) is 0. The largest absolute Gasteiger partial charge is 0.497 e. The molecular formula is C25H17Cl4N3O5. The number of benzene rings is 3. The van der Waals surface area contributed by atoms with Crippen molar-refractivity contribution in [1.82, 2.24) is 0 Å². The van der Waals surface area contributed by atoms with Gasteiger partial charge in [0.05, 0.1) is 40.7 Å². The molecule has 2 N–H and O–H groups in total. The van der Waals surface area contributed by atoms with Gasteiger partial charge in [0.2, 0.25) is 0 Å². The first kappa shape index (κ1) is 26.6. The monoisotopic (exact) mass is 579 g/mol. The maximum Gasteiger partial charge on any atom is 0.283 e. The number of carbonyl (C=O) groups is 3. The predicted molar refractivity (Wildman–Crippen MR) is 144 cm³/mol. The van der Waals surface area contributed by atoms with Crippen molar-refractivity contribution in [3.63, 3.8) is 0 Å². The van der Waals surface area contributed by atoms with E-state index in [1.54, 1.807) is 30.3 Å². The van der Waals surface area contributed by atoms with Gasteiger partial charge in [-0.25, -0.2) is 4.90 Å². The van der Waals surface area contributed by atoms with Crippen LogP contribution in [0.2, 0.25) is 15.1 Å². The standard InChI is InChI=1S/C25H17Cl4N3O5/c1-36-14-7-8-20(37-2)18(9-14)31-23(33)12-3-5-13(6-4-12)30-22-21(29)24(34)32(25(22)35)19-11-16(27)15(26)10-17(19)28/h3-11,30H,1-2H3,(H,31,33). The van der Waals surface area contributed by atoms with Crippen molar-refractivity contribution in [2.45, 2.75) is 0 Å². The van der Waals surface area contributed by atoms with Crippen LogP contribution in [0.1, 0.15) is 10.4 Å². The summed E-state index contributed by atoms with van der Waals surface area (Å²) in [5.41, 5.74) is 1.05. The molecule has 0 bridgehead atoms. The quantitative estimate of drug-likeness (QED) is 0.249. The van der Waals surface area contributed by atoms with Crippen LogP contribution < -0.4 is 25.0 Å². The van der Waals surface area contributed by atoms with Crippen LogP contribution in [0.3, 0.4) is 0 Å². The van der Waals surface area contributed by atoms with Crippen molar-refractivity contribution >= 4 is 81.2 Å². The number of methoxy groups -OCH3 is 2.